The van der Waals surface area contributed by atoms with Crippen molar-refractivity contribution in [3.63, 3.8) is 0 Å². The summed E-state index contributed by atoms with van der Waals surface area (Å²) in [7, 11) is 1.66. The molecule has 1 amide bonds. The number of hydrogen-bond donors (Lipinski definition) is 1. The Morgan fingerprint density at radius 3 is 2.54 bits per heavy atom. The summed E-state index contributed by atoms with van der Waals surface area (Å²) in [4.78, 5) is 25.9. The third kappa shape index (κ3) is 4.71. The first kappa shape index (κ1) is 19.9. The van der Waals surface area contributed by atoms with Crippen molar-refractivity contribution in [3.8, 4) is 5.75 Å². The number of benzene rings is 1. The molecule has 0 atom stereocenters. The molecule has 0 spiro atoms. The standard InChI is InChI=1S/C21H29N5O2/c1-5-22-19-13-16(3)23-21(24-19)26-10-8-25(9-11-26)20(27)14-17-6-7-18(28-4)15(2)12-17/h6-7,12-13H,5,8-11,14H2,1-4H3,(H,22,23,24). The minimum Gasteiger partial charge on any atom is -0.496 e. The maximum Gasteiger partial charge on any atom is 0.227 e. The summed E-state index contributed by atoms with van der Waals surface area (Å²) in [5, 5.41) is 3.24. The van der Waals surface area contributed by atoms with E-state index >= 15 is 0 Å². The Labute approximate surface area is 166 Å². The number of methoxy groups -OCH3 is 1. The van der Waals surface area contributed by atoms with Gasteiger partial charge >= 0.3 is 0 Å². The van der Waals surface area contributed by atoms with Crippen LogP contribution in [0.15, 0.2) is 24.3 Å². The zero-order valence-electron chi connectivity index (χ0n) is 17.2. The molecular formula is C21H29N5O2. The van der Waals surface area contributed by atoms with E-state index in [2.05, 4.69) is 20.2 Å². The van der Waals surface area contributed by atoms with Gasteiger partial charge in [0, 0.05) is 44.5 Å². The van der Waals surface area contributed by atoms with Crippen LogP contribution in [0.4, 0.5) is 11.8 Å². The third-order valence-electron chi connectivity index (χ3n) is 4.93. The number of aromatic nitrogens is 2. The Balaban J connectivity index is 1.59. The number of ether oxygens (including phenoxy) is 1. The highest BCUT2D eigenvalue weighted by Crippen LogP contribution is 2.20. The molecule has 0 aliphatic carbocycles. The molecule has 2 aromatic rings. The van der Waals surface area contributed by atoms with Crippen LogP contribution in [0.3, 0.4) is 0 Å². The van der Waals surface area contributed by atoms with E-state index in [9.17, 15) is 4.79 Å². The molecule has 1 aliphatic rings. The van der Waals surface area contributed by atoms with Crippen LogP contribution in [0.2, 0.25) is 0 Å². The van der Waals surface area contributed by atoms with Crippen molar-refractivity contribution >= 4 is 17.7 Å². The van der Waals surface area contributed by atoms with E-state index in [-0.39, 0.29) is 5.91 Å². The van der Waals surface area contributed by atoms with Gasteiger partial charge in [-0.2, -0.15) is 4.98 Å². The summed E-state index contributed by atoms with van der Waals surface area (Å²) in [5.74, 6) is 2.58. The minimum atomic E-state index is 0.155. The molecule has 0 radical (unpaired) electrons. The molecular weight excluding hydrogens is 354 g/mol. The average molecular weight is 383 g/mol. The van der Waals surface area contributed by atoms with Gasteiger partial charge in [0.1, 0.15) is 11.6 Å². The van der Waals surface area contributed by atoms with Crippen LogP contribution in [0.1, 0.15) is 23.7 Å². The second kappa shape index (κ2) is 8.91. The summed E-state index contributed by atoms with van der Waals surface area (Å²) in [6, 6.07) is 7.86. The predicted octanol–water partition coefficient (Wildman–Crippen LogP) is 2.43. The second-order valence-corrected chi connectivity index (χ2v) is 7.07. The summed E-state index contributed by atoms with van der Waals surface area (Å²) in [6.07, 6.45) is 0.413. The van der Waals surface area contributed by atoms with Gasteiger partial charge in [-0.3, -0.25) is 4.79 Å². The lowest BCUT2D eigenvalue weighted by atomic mass is 10.1. The van der Waals surface area contributed by atoms with Gasteiger partial charge in [-0.1, -0.05) is 12.1 Å². The zero-order chi connectivity index (χ0) is 20.1. The summed E-state index contributed by atoms with van der Waals surface area (Å²) >= 11 is 0. The van der Waals surface area contributed by atoms with E-state index in [0.717, 1.165) is 54.0 Å². The number of hydrogen-bond acceptors (Lipinski definition) is 6. The number of anilines is 2. The molecule has 28 heavy (non-hydrogen) atoms. The van der Waals surface area contributed by atoms with Crippen molar-refractivity contribution in [2.45, 2.75) is 27.2 Å². The number of nitrogens with zero attached hydrogens (tertiary/aromatic N) is 4. The highest BCUT2D eigenvalue weighted by atomic mass is 16.5. The van der Waals surface area contributed by atoms with E-state index < -0.39 is 0 Å². The van der Waals surface area contributed by atoms with Crippen LogP contribution < -0.4 is 15.0 Å². The number of rotatable bonds is 6. The third-order valence-corrected chi connectivity index (χ3v) is 4.93. The molecule has 1 fully saturated rings. The van der Waals surface area contributed by atoms with Crippen molar-refractivity contribution in [1.29, 1.82) is 0 Å². The maximum atomic E-state index is 12.7. The van der Waals surface area contributed by atoms with Crippen molar-refractivity contribution in [2.24, 2.45) is 0 Å². The van der Waals surface area contributed by atoms with Gasteiger partial charge < -0.3 is 19.9 Å². The largest absolute Gasteiger partial charge is 0.496 e. The van der Waals surface area contributed by atoms with Crippen molar-refractivity contribution < 1.29 is 9.53 Å². The first-order valence-electron chi connectivity index (χ1n) is 9.76. The molecule has 0 saturated carbocycles. The normalized spacial score (nSPS) is 14.1. The number of nitrogens with one attached hydrogen (secondary N) is 1. The molecule has 1 aromatic heterocycles. The van der Waals surface area contributed by atoms with Crippen molar-refractivity contribution in [3.05, 3.63) is 41.1 Å². The van der Waals surface area contributed by atoms with Gasteiger partial charge in [-0.25, -0.2) is 4.98 Å². The Kier molecular flexibility index (Phi) is 6.34. The minimum absolute atomic E-state index is 0.155. The summed E-state index contributed by atoms with van der Waals surface area (Å²) in [5.41, 5.74) is 3.00. The van der Waals surface area contributed by atoms with Crippen LogP contribution >= 0.6 is 0 Å². The van der Waals surface area contributed by atoms with Gasteiger partial charge in [0.25, 0.3) is 0 Å². The van der Waals surface area contributed by atoms with E-state index in [1.54, 1.807) is 7.11 Å². The van der Waals surface area contributed by atoms with E-state index in [1.165, 1.54) is 0 Å². The van der Waals surface area contributed by atoms with Crippen molar-refractivity contribution in [1.82, 2.24) is 14.9 Å². The van der Waals surface area contributed by atoms with Gasteiger partial charge in [0.05, 0.1) is 13.5 Å². The van der Waals surface area contributed by atoms with Crippen molar-refractivity contribution in [2.75, 3.05) is 50.1 Å². The molecule has 7 nitrogen and oxygen atoms in total. The molecule has 3 rings (SSSR count). The Morgan fingerprint density at radius 1 is 1.14 bits per heavy atom. The molecule has 0 bridgehead atoms. The van der Waals surface area contributed by atoms with Crippen LogP contribution in [-0.4, -0.2) is 60.6 Å². The van der Waals surface area contributed by atoms with Crippen LogP contribution in [0.25, 0.3) is 0 Å². The highest BCUT2D eigenvalue weighted by molar-refractivity contribution is 5.79. The first-order chi connectivity index (χ1) is 13.5. The first-order valence-corrected chi connectivity index (χ1v) is 9.76. The summed E-state index contributed by atoms with van der Waals surface area (Å²) in [6.45, 7) is 9.68. The predicted molar refractivity (Wildman–Crippen MR) is 111 cm³/mol. The molecule has 1 N–H and O–H groups in total. The number of amides is 1. The SMILES string of the molecule is CCNc1cc(C)nc(N2CCN(C(=O)Cc3ccc(OC)c(C)c3)CC2)n1. The quantitative estimate of drug-likeness (QED) is 0.826. The average Bonchev–Trinajstić information content (AvgIpc) is 2.68. The van der Waals surface area contributed by atoms with Gasteiger partial charge in [0.15, 0.2) is 0 Å². The van der Waals surface area contributed by atoms with Gasteiger partial charge in [0.2, 0.25) is 11.9 Å². The summed E-state index contributed by atoms with van der Waals surface area (Å²) < 4.78 is 5.29. The second-order valence-electron chi connectivity index (χ2n) is 7.07. The smallest absolute Gasteiger partial charge is 0.227 e. The highest BCUT2D eigenvalue weighted by Gasteiger charge is 2.23. The maximum absolute atomic E-state index is 12.7. The number of carbonyl (C=O) groups is 1. The lowest BCUT2D eigenvalue weighted by Gasteiger charge is -2.35. The number of aryl methyl sites for hydroxylation is 2. The van der Waals surface area contributed by atoms with E-state index in [0.29, 0.717) is 19.5 Å². The van der Waals surface area contributed by atoms with Crippen LogP contribution in [0, 0.1) is 13.8 Å². The van der Waals surface area contributed by atoms with E-state index in [4.69, 9.17) is 4.74 Å². The van der Waals surface area contributed by atoms with Gasteiger partial charge in [-0.05, 0) is 38.0 Å². The monoisotopic (exact) mass is 383 g/mol. The Morgan fingerprint density at radius 2 is 1.89 bits per heavy atom. The molecule has 1 aliphatic heterocycles. The zero-order valence-corrected chi connectivity index (χ0v) is 17.2. The molecule has 1 saturated heterocycles. The molecule has 7 heteroatoms. The molecule has 0 unspecified atom stereocenters. The molecule has 150 valence electrons. The number of piperazine rings is 1. The molecule has 1 aromatic carbocycles. The Hall–Kier alpha value is -2.83. The van der Waals surface area contributed by atoms with Gasteiger partial charge in [-0.15, -0.1) is 0 Å². The topological polar surface area (TPSA) is 70.6 Å². The fraction of sp³-hybridized carbons (Fsp3) is 0.476. The van der Waals surface area contributed by atoms with Crippen LogP contribution in [-0.2, 0) is 11.2 Å². The Bertz CT molecular complexity index is 832. The lowest BCUT2D eigenvalue weighted by Crippen LogP contribution is -2.49. The molecule has 2 heterocycles. The number of carbonyl (C=O) groups excluding carboxylic acids is 1. The fourth-order valence-corrected chi connectivity index (χ4v) is 3.46. The van der Waals surface area contributed by atoms with Crippen LogP contribution in [0.5, 0.6) is 5.75 Å². The van der Waals surface area contributed by atoms with E-state index in [1.807, 2.05) is 49.9 Å². The lowest BCUT2D eigenvalue weighted by molar-refractivity contribution is -0.130. The fourth-order valence-electron chi connectivity index (χ4n) is 3.46.